The van der Waals surface area contributed by atoms with E-state index in [1.807, 2.05) is 0 Å². The summed E-state index contributed by atoms with van der Waals surface area (Å²) in [6.07, 6.45) is 9.39. The van der Waals surface area contributed by atoms with Crippen LogP contribution in [-0.4, -0.2) is 54.2 Å². The van der Waals surface area contributed by atoms with E-state index in [1.54, 1.807) is 0 Å². The fraction of sp³-hybridized carbons (Fsp3) is 0.586. The van der Waals surface area contributed by atoms with E-state index in [4.69, 9.17) is 0 Å². The molecule has 1 saturated carbocycles. The highest BCUT2D eigenvalue weighted by atomic mass is 16.3. The van der Waals surface area contributed by atoms with Crippen molar-refractivity contribution >= 4 is 0 Å². The van der Waals surface area contributed by atoms with Crippen molar-refractivity contribution in [3.05, 3.63) is 71.8 Å². The third kappa shape index (κ3) is 4.95. The van der Waals surface area contributed by atoms with Crippen molar-refractivity contribution in [3.8, 4) is 0 Å². The minimum atomic E-state index is -0.730. The molecule has 3 heteroatoms. The summed E-state index contributed by atoms with van der Waals surface area (Å²) >= 11 is 0. The van der Waals surface area contributed by atoms with Gasteiger partial charge in [-0.05, 0) is 61.7 Å². The molecule has 2 saturated heterocycles. The predicted octanol–water partition coefficient (Wildman–Crippen LogP) is 5.27. The minimum absolute atomic E-state index is 0.279. The Hall–Kier alpha value is -1.68. The summed E-state index contributed by atoms with van der Waals surface area (Å²) in [5.41, 5.74) is 1.87. The van der Waals surface area contributed by atoms with Crippen molar-refractivity contribution < 1.29 is 5.11 Å². The molecule has 5 rings (SSSR count). The van der Waals surface area contributed by atoms with E-state index in [1.165, 1.54) is 57.1 Å². The Labute approximate surface area is 194 Å². The molecule has 1 aliphatic carbocycles. The molecule has 1 N–H and O–H groups in total. The topological polar surface area (TPSA) is 26.7 Å². The zero-order valence-corrected chi connectivity index (χ0v) is 19.5. The van der Waals surface area contributed by atoms with E-state index in [2.05, 4.69) is 70.5 Å². The molecular weight excluding hydrogens is 392 g/mol. The number of hydrogen-bond acceptors (Lipinski definition) is 3. The fourth-order valence-corrected chi connectivity index (χ4v) is 6.62. The lowest BCUT2D eigenvalue weighted by atomic mass is 9.82. The maximum absolute atomic E-state index is 12.0. The summed E-state index contributed by atoms with van der Waals surface area (Å²) < 4.78 is 0. The van der Waals surface area contributed by atoms with Gasteiger partial charge in [0, 0.05) is 32.1 Å². The zero-order valence-electron chi connectivity index (χ0n) is 19.5. The van der Waals surface area contributed by atoms with Crippen LogP contribution in [0.5, 0.6) is 0 Å². The molecule has 0 spiro atoms. The standard InChI is InChI=1S/C29H40N2O/c32-29(27-14-8-3-9-15-27)23-31(20-24-10-4-1-5-11-24)22-28(29)21-30-18-16-26(17-19-30)25-12-6-2-7-13-25/h2-3,6-9,12-15,24,26,28,32H,1,4-5,10-11,16-23H2. The Morgan fingerprint density at radius 1 is 0.750 bits per heavy atom. The van der Waals surface area contributed by atoms with Crippen LogP contribution in [-0.2, 0) is 5.60 Å². The van der Waals surface area contributed by atoms with Crippen molar-refractivity contribution in [1.82, 2.24) is 9.80 Å². The lowest BCUT2D eigenvalue weighted by Gasteiger charge is -2.37. The largest absolute Gasteiger partial charge is 0.383 e. The van der Waals surface area contributed by atoms with Crippen molar-refractivity contribution in [3.63, 3.8) is 0 Å². The number of piperidine rings is 1. The molecule has 2 aromatic carbocycles. The molecule has 172 valence electrons. The quantitative estimate of drug-likeness (QED) is 0.674. The third-order valence-electron chi connectivity index (χ3n) is 8.47. The molecule has 0 bridgehead atoms. The molecule has 32 heavy (non-hydrogen) atoms. The molecule has 2 atom stereocenters. The van der Waals surface area contributed by atoms with Crippen molar-refractivity contribution in [2.45, 2.75) is 56.5 Å². The first-order chi connectivity index (χ1) is 15.7. The van der Waals surface area contributed by atoms with Crippen LogP contribution in [0.3, 0.4) is 0 Å². The van der Waals surface area contributed by atoms with E-state index in [9.17, 15) is 5.11 Å². The summed E-state index contributed by atoms with van der Waals surface area (Å²) in [6.45, 7) is 6.28. The average molecular weight is 433 g/mol. The van der Waals surface area contributed by atoms with Gasteiger partial charge in [0.2, 0.25) is 0 Å². The Morgan fingerprint density at radius 3 is 2.09 bits per heavy atom. The van der Waals surface area contributed by atoms with Gasteiger partial charge < -0.3 is 10.0 Å². The lowest BCUT2D eigenvalue weighted by Crippen LogP contribution is -2.44. The third-order valence-corrected chi connectivity index (χ3v) is 8.47. The average Bonchev–Trinajstić information content (AvgIpc) is 3.17. The molecule has 0 amide bonds. The van der Waals surface area contributed by atoms with Gasteiger partial charge in [0.05, 0.1) is 0 Å². The number of aliphatic hydroxyl groups is 1. The molecule has 2 aromatic rings. The predicted molar refractivity (Wildman–Crippen MR) is 132 cm³/mol. The molecule has 2 unspecified atom stereocenters. The first-order valence-electron chi connectivity index (χ1n) is 13.0. The second-order valence-electron chi connectivity index (χ2n) is 10.7. The molecule has 3 aliphatic rings. The Kier molecular flexibility index (Phi) is 6.96. The lowest BCUT2D eigenvalue weighted by molar-refractivity contribution is -0.00823. The van der Waals surface area contributed by atoms with E-state index >= 15 is 0 Å². The van der Waals surface area contributed by atoms with Gasteiger partial charge in [0.15, 0.2) is 0 Å². The highest BCUT2D eigenvalue weighted by Crippen LogP contribution is 2.39. The first kappa shape index (κ1) is 22.1. The highest BCUT2D eigenvalue weighted by Gasteiger charge is 2.47. The van der Waals surface area contributed by atoms with E-state index in [-0.39, 0.29) is 5.92 Å². The number of rotatable bonds is 6. The van der Waals surface area contributed by atoms with Crippen LogP contribution in [0.2, 0.25) is 0 Å². The number of likely N-dealkylation sites (tertiary alicyclic amines) is 2. The summed E-state index contributed by atoms with van der Waals surface area (Å²) in [4.78, 5) is 5.21. The van der Waals surface area contributed by atoms with Crippen LogP contribution in [0, 0.1) is 11.8 Å². The number of benzene rings is 2. The normalized spacial score (nSPS) is 28.8. The van der Waals surface area contributed by atoms with E-state index < -0.39 is 5.60 Å². The number of β-amino-alcohol motifs (C(OH)–C–C–N with tert-alkyl or cyclic N) is 1. The SMILES string of the molecule is OC1(c2ccccc2)CN(CC2CCCCC2)CC1CN1CCC(c2ccccc2)CC1. The second-order valence-corrected chi connectivity index (χ2v) is 10.7. The maximum Gasteiger partial charge on any atom is 0.107 e. The van der Waals surface area contributed by atoms with Crippen LogP contribution in [0.25, 0.3) is 0 Å². The van der Waals surface area contributed by atoms with Gasteiger partial charge in [-0.25, -0.2) is 0 Å². The molecule has 2 heterocycles. The summed E-state index contributed by atoms with van der Waals surface area (Å²) in [5, 5.41) is 12.0. The van der Waals surface area contributed by atoms with Crippen LogP contribution in [0.4, 0.5) is 0 Å². The Bertz CT molecular complexity index is 827. The second kappa shape index (κ2) is 10.1. The van der Waals surface area contributed by atoms with Crippen LogP contribution < -0.4 is 0 Å². The summed E-state index contributed by atoms with van der Waals surface area (Å²) in [5.74, 6) is 1.79. The maximum atomic E-state index is 12.0. The minimum Gasteiger partial charge on any atom is -0.383 e. The van der Waals surface area contributed by atoms with Crippen molar-refractivity contribution in [2.75, 3.05) is 39.3 Å². The van der Waals surface area contributed by atoms with Crippen LogP contribution in [0.15, 0.2) is 60.7 Å². The van der Waals surface area contributed by atoms with Gasteiger partial charge in [0.1, 0.15) is 5.60 Å². The fourth-order valence-electron chi connectivity index (χ4n) is 6.62. The molecule has 3 fully saturated rings. The number of nitrogens with zero attached hydrogens (tertiary/aromatic N) is 2. The van der Waals surface area contributed by atoms with Gasteiger partial charge >= 0.3 is 0 Å². The van der Waals surface area contributed by atoms with Gasteiger partial charge in [-0.1, -0.05) is 79.9 Å². The monoisotopic (exact) mass is 432 g/mol. The Balaban J connectivity index is 1.25. The van der Waals surface area contributed by atoms with E-state index in [0.29, 0.717) is 5.92 Å². The van der Waals surface area contributed by atoms with Crippen molar-refractivity contribution in [2.24, 2.45) is 11.8 Å². The highest BCUT2D eigenvalue weighted by molar-refractivity contribution is 5.26. The first-order valence-corrected chi connectivity index (χ1v) is 13.0. The van der Waals surface area contributed by atoms with Crippen LogP contribution >= 0.6 is 0 Å². The van der Waals surface area contributed by atoms with Gasteiger partial charge in [-0.2, -0.15) is 0 Å². The van der Waals surface area contributed by atoms with Gasteiger partial charge in [0.25, 0.3) is 0 Å². The summed E-state index contributed by atoms with van der Waals surface area (Å²) in [6, 6.07) is 21.5. The molecule has 2 aliphatic heterocycles. The van der Waals surface area contributed by atoms with Gasteiger partial charge in [-0.3, -0.25) is 4.90 Å². The number of hydrogen-bond donors (Lipinski definition) is 1. The molecular formula is C29H40N2O. The van der Waals surface area contributed by atoms with Crippen LogP contribution in [0.1, 0.15) is 62.0 Å². The molecule has 0 radical (unpaired) electrons. The molecule has 3 nitrogen and oxygen atoms in total. The Morgan fingerprint density at radius 2 is 1.41 bits per heavy atom. The summed E-state index contributed by atoms with van der Waals surface area (Å²) in [7, 11) is 0. The van der Waals surface area contributed by atoms with E-state index in [0.717, 1.165) is 44.2 Å². The van der Waals surface area contributed by atoms with Crippen molar-refractivity contribution in [1.29, 1.82) is 0 Å². The van der Waals surface area contributed by atoms with Gasteiger partial charge in [-0.15, -0.1) is 0 Å². The molecule has 0 aromatic heterocycles. The zero-order chi connectivity index (χ0) is 21.8. The smallest absolute Gasteiger partial charge is 0.107 e.